The smallest absolute Gasteiger partial charge is 0.298 e. The number of hydrogen-bond donors (Lipinski definition) is 0. The zero-order valence-electron chi connectivity index (χ0n) is 14.7. The molecule has 0 bridgehead atoms. The molecule has 1 aromatic carbocycles. The van der Waals surface area contributed by atoms with Crippen molar-refractivity contribution in [1.82, 2.24) is 0 Å². The Kier molecular flexibility index (Phi) is 8.20. The molecule has 0 radical (unpaired) electrons. The van der Waals surface area contributed by atoms with E-state index in [0.29, 0.717) is 12.4 Å². The molecule has 1 saturated carbocycles. The topological polar surface area (TPSA) is 26.3 Å². The van der Waals surface area contributed by atoms with E-state index in [1.807, 2.05) is 12.1 Å². The van der Waals surface area contributed by atoms with Crippen molar-refractivity contribution in [3.05, 3.63) is 29.3 Å². The summed E-state index contributed by atoms with van der Waals surface area (Å²) in [7, 11) is 0. The van der Waals surface area contributed by atoms with Gasteiger partial charge in [0.15, 0.2) is 0 Å². The average Bonchev–Trinajstić information content (AvgIpc) is 2.59. The van der Waals surface area contributed by atoms with Gasteiger partial charge in [0, 0.05) is 5.56 Å². The van der Waals surface area contributed by atoms with E-state index in [1.165, 1.54) is 81.8 Å². The molecule has 128 valence electrons. The number of unbranched alkanes of at least 4 members (excludes halogenated alkanes) is 5. The summed E-state index contributed by atoms with van der Waals surface area (Å²) in [5.74, 6) is 1.38. The normalized spacial score (nSPS) is 15.5. The number of benzene rings is 1. The second-order valence-electron chi connectivity index (χ2n) is 6.90. The van der Waals surface area contributed by atoms with Crippen LogP contribution in [-0.4, -0.2) is 6.47 Å². The molecule has 0 atom stereocenters. The fraction of sp³-hybridized carbons (Fsp3) is 0.667. The fourth-order valence-electron chi connectivity index (χ4n) is 3.91. The third-order valence-electron chi connectivity index (χ3n) is 5.14. The van der Waals surface area contributed by atoms with Crippen LogP contribution in [0.15, 0.2) is 18.2 Å². The first kappa shape index (κ1) is 18.0. The van der Waals surface area contributed by atoms with Gasteiger partial charge in [-0.05, 0) is 43.2 Å². The lowest BCUT2D eigenvalue weighted by Crippen LogP contribution is -2.10. The molecule has 1 aliphatic rings. The summed E-state index contributed by atoms with van der Waals surface area (Å²) in [6.45, 7) is 2.84. The zero-order chi connectivity index (χ0) is 16.3. The Bertz CT molecular complexity index is 461. The Labute approximate surface area is 141 Å². The monoisotopic (exact) mass is 316 g/mol. The number of ether oxygens (including phenoxy) is 1. The third kappa shape index (κ3) is 5.67. The minimum atomic E-state index is 0.579. The molecule has 0 unspecified atom stereocenters. The Morgan fingerprint density at radius 3 is 2.52 bits per heavy atom. The lowest BCUT2D eigenvalue weighted by molar-refractivity contribution is -0.120. The summed E-state index contributed by atoms with van der Waals surface area (Å²) in [6, 6.07) is 6.24. The molecule has 0 aromatic heterocycles. The van der Waals surface area contributed by atoms with Gasteiger partial charge in [-0.15, -0.1) is 0 Å². The molecule has 0 saturated heterocycles. The molecule has 0 spiro atoms. The van der Waals surface area contributed by atoms with Gasteiger partial charge in [-0.2, -0.15) is 0 Å². The highest BCUT2D eigenvalue weighted by Gasteiger charge is 2.22. The lowest BCUT2D eigenvalue weighted by Gasteiger charge is -2.26. The van der Waals surface area contributed by atoms with Crippen molar-refractivity contribution in [3.8, 4) is 5.75 Å². The molecule has 2 heteroatoms. The summed E-state index contributed by atoms with van der Waals surface area (Å²) >= 11 is 0. The molecule has 23 heavy (non-hydrogen) atoms. The van der Waals surface area contributed by atoms with Gasteiger partial charge in [0.25, 0.3) is 6.47 Å². The van der Waals surface area contributed by atoms with E-state index < -0.39 is 0 Å². The predicted molar refractivity (Wildman–Crippen MR) is 96.0 cm³/mol. The first-order valence-electron chi connectivity index (χ1n) is 9.59. The Morgan fingerprint density at radius 2 is 1.78 bits per heavy atom. The SMILES string of the molecule is CCCCCCCCc1cccc(OC=O)c1C1CCCCC1. The molecule has 0 amide bonds. The van der Waals surface area contributed by atoms with Crippen LogP contribution in [0, 0.1) is 0 Å². The minimum Gasteiger partial charge on any atom is -0.428 e. The first-order chi connectivity index (χ1) is 11.4. The van der Waals surface area contributed by atoms with Crippen molar-refractivity contribution in [2.75, 3.05) is 0 Å². The van der Waals surface area contributed by atoms with Crippen LogP contribution >= 0.6 is 0 Å². The van der Waals surface area contributed by atoms with Crippen LogP contribution in [0.2, 0.25) is 0 Å². The van der Waals surface area contributed by atoms with Crippen molar-refractivity contribution in [3.63, 3.8) is 0 Å². The van der Waals surface area contributed by atoms with E-state index in [4.69, 9.17) is 4.74 Å². The van der Waals surface area contributed by atoms with Gasteiger partial charge in [0.1, 0.15) is 5.75 Å². The van der Waals surface area contributed by atoms with Crippen molar-refractivity contribution in [1.29, 1.82) is 0 Å². The maximum atomic E-state index is 10.9. The largest absolute Gasteiger partial charge is 0.428 e. The zero-order valence-corrected chi connectivity index (χ0v) is 14.7. The third-order valence-corrected chi connectivity index (χ3v) is 5.14. The lowest BCUT2D eigenvalue weighted by atomic mass is 9.80. The van der Waals surface area contributed by atoms with Gasteiger partial charge in [0.05, 0.1) is 0 Å². The molecule has 0 heterocycles. The minimum absolute atomic E-state index is 0.579. The van der Waals surface area contributed by atoms with Crippen LogP contribution in [0.4, 0.5) is 0 Å². The highest BCUT2D eigenvalue weighted by atomic mass is 16.5. The van der Waals surface area contributed by atoms with E-state index in [0.717, 1.165) is 12.2 Å². The van der Waals surface area contributed by atoms with Crippen molar-refractivity contribution < 1.29 is 9.53 Å². The second-order valence-corrected chi connectivity index (χ2v) is 6.90. The number of hydrogen-bond acceptors (Lipinski definition) is 2. The van der Waals surface area contributed by atoms with Gasteiger partial charge >= 0.3 is 0 Å². The highest BCUT2D eigenvalue weighted by molar-refractivity contribution is 5.51. The van der Waals surface area contributed by atoms with E-state index in [2.05, 4.69) is 13.0 Å². The molecular formula is C21H32O2. The number of carbonyl (C=O) groups excluding carboxylic acids is 1. The van der Waals surface area contributed by atoms with Crippen molar-refractivity contribution >= 4 is 6.47 Å². The van der Waals surface area contributed by atoms with Crippen LogP contribution in [0.5, 0.6) is 5.75 Å². The van der Waals surface area contributed by atoms with Crippen LogP contribution in [0.25, 0.3) is 0 Å². The number of carbonyl (C=O) groups is 1. The summed E-state index contributed by atoms with van der Waals surface area (Å²) < 4.78 is 5.31. The van der Waals surface area contributed by atoms with Crippen LogP contribution in [0.3, 0.4) is 0 Å². The summed E-state index contributed by atoms with van der Waals surface area (Å²) in [5.41, 5.74) is 2.74. The molecule has 1 aliphatic carbocycles. The molecule has 2 nitrogen and oxygen atoms in total. The Hall–Kier alpha value is -1.31. The van der Waals surface area contributed by atoms with Crippen LogP contribution < -0.4 is 4.74 Å². The summed E-state index contributed by atoms with van der Waals surface area (Å²) in [5, 5.41) is 0. The van der Waals surface area contributed by atoms with Gasteiger partial charge in [0.2, 0.25) is 0 Å². The standard InChI is InChI=1S/C21H32O2/c1-2-3-4-5-6-8-12-19-15-11-16-20(23-17-22)21(19)18-13-9-7-10-14-18/h11,15-18H,2-10,12-14H2,1H3. The molecule has 0 aliphatic heterocycles. The molecule has 2 rings (SSSR count). The molecule has 0 N–H and O–H groups in total. The summed E-state index contributed by atoms with van der Waals surface area (Å²) in [6.07, 6.45) is 15.5. The van der Waals surface area contributed by atoms with Gasteiger partial charge in [-0.25, -0.2) is 0 Å². The summed E-state index contributed by atoms with van der Waals surface area (Å²) in [4.78, 5) is 10.9. The maximum absolute atomic E-state index is 10.9. The average molecular weight is 316 g/mol. The first-order valence-corrected chi connectivity index (χ1v) is 9.59. The predicted octanol–water partition coefficient (Wildman–Crippen LogP) is 6.17. The maximum Gasteiger partial charge on any atom is 0.298 e. The van der Waals surface area contributed by atoms with Gasteiger partial charge < -0.3 is 4.74 Å². The van der Waals surface area contributed by atoms with E-state index in [1.54, 1.807) is 0 Å². The Balaban J connectivity index is 2.01. The molecule has 1 fully saturated rings. The number of aryl methyl sites for hydroxylation is 1. The highest BCUT2D eigenvalue weighted by Crippen LogP contribution is 2.40. The van der Waals surface area contributed by atoms with Crippen molar-refractivity contribution in [2.45, 2.75) is 89.9 Å². The molecule has 1 aromatic rings. The van der Waals surface area contributed by atoms with Crippen molar-refractivity contribution in [2.24, 2.45) is 0 Å². The van der Waals surface area contributed by atoms with Gasteiger partial charge in [-0.3, -0.25) is 4.79 Å². The van der Waals surface area contributed by atoms with E-state index in [-0.39, 0.29) is 0 Å². The quantitative estimate of drug-likeness (QED) is 0.381. The van der Waals surface area contributed by atoms with Crippen LogP contribution in [-0.2, 0) is 11.2 Å². The van der Waals surface area contributed by atoms with E-state index in [9.17, 15) is 4.79 Å². The Morgan fingerprint density at radius 1 is 1.04 bits per heavy atom. The fourth-order valence-corrected chi connectivity index (χ4v) is 3.91. The van der Waals surface area contributed by atoms with Crippen LogP contribution in [0.1, 0.15) is 94.6 Å². The van der Waals surface area contributed by atoms with Gasteiger partial charge in [-0.1, -0.05) is 70.4 Å². The number of rotatable bonds is 10. The second kappa shape index (κ2) is 10.5. The van der Waals surface area contributed by atoms with E-state index >= 15 is 0 Å². The molecular weight excluding hydrogens is 284 g/mol.